The summed E-state index contributed by atoms with van der Waals surface area (Å²) in [5, 5.41) is 6.42. The SMILES string of the molecule is CCc1cccc(NC(=O)CN(C)CC2CCCN2)c1. The minimum atomic E-state index is 0.0544. The zero-order valence-electron chi connectivity index (χ0n) is 12.5. The van der Waals surface area contributed by atoms with Crippen LogP contribution in [0, 0.1) is 0 Å². The molecule has 1 unspecified atom stereocenters. The third kappa shape index (κ3) is 4.62. The van der Waals surface area contributed by atoms with E-state index in [4.69, 9.17) is 0 Å². The maximum Gasteiger partial charge on any atom is 0.238 e. The molecule has 4 heteroatoms. The lowest BCUT2D eigenvalue weighted by Gasteiger charge is -2.20. The molecule has 1 heterocycles. The molecule has 1 aliphatic rings. The average Bonchev–Trinajstić information content (AvgIpc) is 2.91. The van der Waals surface area contributed by atoms with E-state index in [1.54, 1.807) is 0 Å². The molecular formula is C16H25N3O. The van der Waals surface area contributed by atoms with Crippen LogP contribution in [0.4, 0.5) is 5.69 Å². The summed E-state index contributed by atoms with van der Waals surface area (Å²) in [6.45, 7) is 4.59. The van der Waals surface area contributed by atoms with Crippen LogP contribution >= 0.6 is 0 Å². The fourth-order valence-corrected chi connectivity index (χ4v) is 2.67. The van der Waals surface area contributed by atoms with Crippen LogP contribution < -0.4 is 10.6 Å². The highest BCUT2D eigenvalue weighted by molar-refractivity contribution is 5.92. The van der Waals surface area contributed by atoms with Gasteiger partial charge in [0.2, 0.25) is 5.91 Å². The second-order valence-electron chi connectivity index (χ2n) is 5.59. The van der Waals surface area contributed by atoms with Crippen LogP contribution in [0.15, 0.2) is 24.3 Å². The molecule has 1 saturated heterocycles. The Morgan fingerprint density at radius 1 is 1.50 bits per heavy atom. The van der Waals surface area contributed by atoms with E-state index >= 15 is 0 Å². The van der Waals surface area contributed by atoms with Gasteiger partial charge in [-0.25, -0.2) is 0 Å². The quantitative estimate of drug-likeness (QED) is 0.833. The van der Waals surface area contributed by atoms with E-state index in [1.807, 2.05) is 25.2 Å². The maximum absolute atomic E-state index is 12.0. The molecule has 1 aromatic rings. The van der Waals surface area contributed by atoms with Crippen molar-refractivity contribution in [2.75, 3.05) is 32.0 Å². The number of likely N-dealkylation sites (N-methyl/N-ethyl adjacent to an activating group) is 1. The van der Waals surface area contributed by atoms with Crippen molar-refractivity contribution in [3.63, 3.8) is 0 Å². The van der Waals surface area contributed by atoms with Gasteiger partial charge in [-0.2, -0.15) is 0 Å². The first-order chi connectivity index (χ1) is 9.67. The molecular weight excluding hydrogens is 250 g/mol. The zero-order chi connectivity index (χ0) is 14.4. The molecule has 0 aliphatic carbocycles. The number of benzene rings is 1. The molecule has 2 rings (SSSR count). The molecule has 1 aliphatic heterocycles. The van der Waals surface area contributed by atoms with E-state index in [0.717, 1.165) is 25.2 Å². The highest BCUT2D eigenvalue weighted by Gasteiger charge is 2.17. The van der Waals surface area contributed by atoms with E-state index in [1.165, 1.54) is 18.4 Å². The Kier molecular flexibility index (Phi) is 5.56. The van der Waals surface area contributed by atoms with E-state index in [9.17, 15) is 4.79 Å². The van der Waals surface area contributed by atoms with Gasteiger partial charge in [0.1, 0.15) is 0 Å². The molecule has 1 amide bonds. The van der Waals surface area contributed by atoms with Gasteiger partial charge in [-0.05, 0) is 50.6 Å². The molecule has 4 nitrogen and oxygen atoms in total. The number of anilines is 1. The van der Waals surface area contributed by atoms with Crippen molar-refractivity contribution in [1.82, 2.24) is 10.2 Å². The first-order valence-corrected chi connectivity index (χ1v) is 7.48. The molecule has 0 saturated carbocycles. The number of carbonyl (C=O) groups excluding carboxylic acids is 1. The minimum Gasteiger partial charge on any atom is -0.325 e. The lowest BCUT2D eigenvalue weighted by atomic mass is 10.1. The zero-order valence-corrected chi connectivity index (χ0v) is 12.5. The number of rotatable bonds is 6. The number of hydrogen-bond donors (Lipinski definition) is 2. The maximum atomic E-state index is 12.0. The minimum absolute atomic E-state index is 0.0544. The van der Waals surface area contributed by atoms with Crippen molar-refractivity contribution in [2.24, 2.45) is 0 Å². The van der Waals surface area contributed by atoms with Crippen molar-refractivity contribution in [3.8, 4) is 0 Å². The number of carbonyl (C=O) groups is 1. The normalized spacial score (nSPS) is 18.4. The Labute approximate surface area is 121 Å². The Morgan fingerprint density at radius 3 is 3.05 bits per heavy atom. The summed E-state index contributed by atoms with van der Waals surface area (Å²) in [6, 6.07) is 8.58. The molecule has 1 fully saturated rings. The summed E-state index contributed by atoms with van der Waals surface area (Å²) in [5.74, 6) is 0.0544. The second-order valence-corrected chi connectivity index (χ2v) is 5.59. The van der Waals surface area contributed by atoms with Crippen LogP contribution in [0.5, 0.6) is 0 Å². The number of nitrogens with one attached hydrogen (secondary N) is 2. The largest absolute Gasteiger partial charge is 0.325 e. The predicted octanol–water partition coefficient (Wildman–Crippen LogP) is 1.87. The van der Waals surface area contributed by atoms with Gasteiger partial charge in [-0.1, -0.05) is 19.1 Å². The van der Waals surface area contributed by atoms with Gasteiger partial charge in [0.25, 0.3) is 0 Å². The summed E-state index contributed by atoms with van der Waals surface area (Å²) in [6.07, 6.45) is 3.44. The van der Waals surface area contributed by atoms with Gasteiger partial charge >= 0.3 is 0 Å². The molecule has 0 aromatic heterocycles. The smallest absolute Gasteiger partial charge is 0.238 e. The molecule has 110 valence electrons. The van der Waals surface area contributed by atoms with Crippen LogP contribution in [0.2, 0.25) is 0 Å². The Morgan fingerprint density at radius 2 is 2.35 bits per heavy atom. The molecule has 20 heavy (non-hydrogen) atoms. The predicted molar refractivity (Wildman–Crippen MR) is 83.0 cm³/mol. The van der Waals surface area contributed by atoms with Crippen molar-refractivity contribution in [2.45, 2.75) is 32.2 Å². The van der Waals surface area contributed by atoms with Gasteiger partial charge in [0.15, 0.2) is 0 Å². The third-order valence-electron chi connectivity index (χ3n) is 3.73. The molecule has 0 spiro atoms. The third-order valence-corrected chi connectivity index (χ3v) is 3.73. The molecule has 1 aromatic carbocycles. The summed E-state index contributed by atoms with van der Waals surface area (Å²) >= 11 is 0. The topological polar surface area (TPSA) is 44.4 Å². The van der Waals surface area contributed by atoms with Gasteiger partial charge in [-0.15, -0.1) is 0 Å². The summed E-state index contributed by atoms with van der Waals surface area (Å²) in [7, 11) is 2.00. The van der Waals surface area contributed by atoms with Crippen molar-refractivity contribution in [1.29, 1.82) is 0 Å². The monoisotopic (exact) mass is 275 g/mol. The first kappa shape index (κ1) is 15.0. The lowest BCUT2D eigenvalue weighted by Crippen LogP contribution is -2.39. The summed E-state index contributed by atoms with van der Waals surface area (Å²) in [4.78, 5) is 14.1. The van der Waals surface area contributed by atoms with Crippen molar-refractivity contribution in [3.05, 3.63) is 29.8 Å². The van der Waals surface area contributed by atoms with Gasteiger partial charge < -0.3 is 10.6 Å². The van der Waals surface area contributed by atoms with Crippen LogP contribution in [-0.2, 0) is 11.2 Å². The van der Waals surface area contributed by atoms with E-state index in [-0.39, 0.29) is 5.91 Å². The molecule has 1 atom stereocenters. The standard InChI is InChI=1S/C16H25N3O/c1-3-13-6-4-7-14(10-13)18-16(20)12-19(2)11-15-8-5-9-17-15/h4,6-7,10,15,17H,3,5,8-9,11-12H2,1-2H3,(H,18,20). The Bertz CT molecular complexity index is 441. The van der Waals surface area contributed by atoms with Gasteiger partial charge in [-0.3, -0.25) is 9.69 Å². The fourth-order valence-electron chi connectivity index (χ4n) is 2.67. The van der Waals surface area contributed by atoms with E-state index in [0.29, 0.717) is 12.6 Å². The highest BCUT2D eigenvalue weighted by atomic mass is 16.2. The van der Waals surface area contributed by atoms with Gasteiger partial charge in [0, 0.05) is 18.3 Å². The van der Waals surface area contributed by atoms with Crippen LogP contribution in [0.1, 0.15) is 25.3 Å². The summed E-state index contributed by atoms with van der Waals surface area (Å²) < 4.78 is 0. The van der Waals surface area contributed by atoms with Crippen LogP contribution in [-0.4, -0.2) is 43.5 Å². The highest BCUT2D eigenvalue weighted by Crippen LogP contribution is 2.11. The molecule has 0 radical (unpaired) electrons. The van der Waals surface area contributed by atoms with Gasteiger partial charge in [0.05, 0.1) is 6.54 Å². The first-order valence-electron chi connectivity index (χ1n) is 7.48. The van der Waals surface area contributed by atoms with Crippen molar-refractivity contribution >= 4 is 11.6 Å². The van der Waals surface area contributed by atoms with Crippen LogP contribution in [0.3, 0.4) is 0 Å². The molecule has 0 bridgehead atoms. The average molecular weight is 275 g/mol. The number of aryl methyl sites for hydroxylation is 1. The number of nitrogens with zero attached hydrogens (tertiary/aromatic N) is 1. The van der Waals surface area contributed by atoms with Crippen LogP contribution in [0.25, 0.3) is 0 Å². The Hall–Kier alpha value is -1.39. The van der Waals surface area contributed by atoms with Crippen molar-refractivity contribution < 1.29 is 4.79 Å². The number of hydrogen-bond acceptors (Lipinski definition) is 3. The fraction of sp³-hybridized carbons (Fsp3) is 0.562. The second kappa shape index (κ2) is 7.41. The molecule has 2 N–H and O–H groups in total. The summed E-state index contributed by atoms with van der Waals surface area (Å²) in [5.41, 5.74) is 2.13. The van der Waals surface area contributed by atoms with E-state index < -0.39 is 0 Å². The number of amides is 1. The Balaban J connectivity index is 1.78. The van der Waals surface area contributed by atoms with E-state index in [2.05, 4.69) is 28.5 Å². The lowest BCUT2D eigenvalue weighted by molar-refractivity contribution is -0.117.